The maximum absolute atomic E-state index is 6.03. The van der Waals surface area contributed by atoms with E-state index >= 15 is 0 Å². The van der Waals surface area contributed by atoms with E-state index < -0.39 is 0 Å². The summed E-state index contributed by atoms with van der Waals surface area (Å²) in [7, 11) is 1.91. The van der Waals surface area contributed by atoms with Crippen molar-refractivity contribution in [2.45, 2.75) is 18.9 Å². The predicted molar refractivity (Wildman–Crippen MR) is 103 cm³/mol. The first-order chi connectivity index (χ1) is 12.7. The average Bonchev–Trinajstić information content (AvgIpc) is 3.33. The summed E-state index contributed by atoms with van der Waals surface area (Å²) in [6.45, 7) is 4.65. The molecule has 8 heteroatoms. The fourth-order valence-corrected chi connectivity index (χ4v) is 3.65. The molecule has 0 saturated heterocycles. The molecule has 0 aromatic carbocycles. The van der Waals surface area contributed by atoms with Crippen molar-refractivity contribution in [2.75, 3.05) is 25.0 Å². The molecule has 7 nitrogen and oxygen atoms in total. The second kappa shape index (κ2) is 7.43. The minimum atomic E-state index is 0.0629. The Hall–Kier alpha value is -2.45. The maximum atomic E-state index is 6.03. The molecular weight excluding hydrogens is 348 g/mol. The third-order valence-electron chi connectivity index (χ3n) is 4.45. The smallest absolute Gasteiger partial charge is 0.237 e. The monoisotopic (exact) mass is 370 g/mol. The van der Waals surface area contributed by atoms with Crippen molar-refractivity contribution < 1.29 is 4.74 Å². The summed E-state index contributed by atoms with van der Waals surface area (Å²) >= 11 is 1.70. The van der Waals surface area contributed by atoms with Crippen molar-refractivity contribution in [1.29, 1.82) is 0 Å². The van der Waals surface area contributed by atoms with Gasteiger partial charge in [0.1, 0.15) is 6.10 Å². The molecule has 3 aromatic rings. The number of anilines is 1. The van der Waals surface area contributed by atoms with Crippen LogP contribution in [0.2, 0.25) is 0 Å². The molecule has 0 saturated carbocycles. The van der Waals surface area contributed by atoms with Crippen LogP contribution in [0.4, 0.5) is 5.69 Å². The van der Waals surface area contributed by atoms with Gasteiger partial charge < -0.3 is 15.4 Å². The van der Waals surface area contributed by atoms with E-state index in [4.69, 9.17) is 4.74 Å². The zero-order valence-electron chi connectivity index (χ0n) is 14.8. The topological polar surface area (TPSA) is 76.9 Å². The Morgan fingerprint density at radius 2 is 2.31 bits per heavy atom. The Kier molecular flexibility index (Phi) is 4.85. The standard InChI is InChI=1S/C18H22N6OS/c1-12(17-9-20-11-26-17)4-19-7-15-8-21-16-3-13(5-22-18(16)25-15)14-6-23-24(2)10-14/h3,5-6,9-12,15,19,21H,4,7-8H2,1-2H3/t12-,15+/m0/s1. The van der Waals surface area contributed by atoms with Crippen LogP contribution >= 0.6 is 11.3 Å². The van der Waals surface area contributed by atoms with E-state index in [1.54, 1.807) is 16.0 Å². The van der Waals surface area contributed by atoms with E-state index in [0.29, 0.717) is 11.8 Å². The van der Waals surface area contributed by atoms with Crippen LogP contribution in [0, 0.1) is 0 Å². The highest BCUT2D eigenvalue weighted by molar-refractivity contribution is 7.09. The Morgan fingerprint density at radius 3 is 3.08 bits per heavy atom. The van der Waals surface area contributed by atoms with Gasteiger partial charge in [0, 0.05) is 60.6 Å². The van der Waals surface area contributed by atoms with Crippen LogP contribution in [0.15, 0.2) is 36.4 Å². The number of aryl methyl sites for hydroxylation is 1. The van der Waals surface area contributed by atoms with Gasteiger partial charge in [0.05, 0.1) is 23.9 Å². The van der Waals surface area contributed by atoms with Crippen LogP contribution in [-0.4, -0.2) is 45.5 Å². The molecule has 3 aromatic heterocycles. The first-order valence-corrected chi connectivity index (χ1v) is 9.55. The van der Waals surface area contributed by atoms with E-state index in [2.05, 4.69) is 38.7 Å². The molecule has 4 rings (SSSR count). The van der Waals surface area contributed by atoms with Crippen molar-refractivity contribution in [2.24, 2.45) is 7.05 Å². The molecule has 0 unspecified atom stereocenters. The van der Waals surface area contributed by atoms with Crippen LogP contribution in [0.25, 0.3) is 11.1 Å². The first-order valence-electron chi connectivity index (χ1n) is 8.67. The molecule has 0 fully saturated rings. The van der Waals surface area contributed by atoms with Crippen molar-refractivity contribution in [3.05, 3.63) is 41.2 Å². The maximum Gasteiger partial charge on any atom is 0.237 e. The minimum absolute atomic E-state index is 0.0629. The third kappa shape index (κ3) is 3.71. The van der Waals surface area contributed by atoms with Gasteiger partial charge in [-0.1, -0.05) is 6.92 Å². The second-order valence-corrected chi connectivity index (χ2v) is 7.48. The molecule has 0 radical (unpaired) electrons. The number of nitrogens with zero attached hydrogens (tertiary/aromatic N) is 4. The fraction of sp³-hybridized carbons (Fsp3) is 0.389. The van der Waals surface area contributed by atoms with E-state index in [1.165, 1.54) is 4.88 Å². The van der Waals surface area contributed by atoms with E-state index in [1.807, 2.05) is 37.3 Å². The molecular formula is C18H22N6OS. The highest BCUT2D eigenvalue weighted by atomic mass is 32.1. The number of hydrogen-bond acceptors (Lipinski definition) is 7. The Balaban J connectivity index is 1.33. The molecule has 0 aliphatic carbocycles. The number of thiazole rings is 1. The molecule has 0 bridgehead atoms. The van der Waals surface area contributed by atoms with Crippen molar-refractivity contribution in [3.8, 4) is 17.0 Å². The van der Waals surface area contributed by atoms with Crippen LogP contribution < -0.4 is 15.4 Å². The zero-order valence-corrected chi connectivity index (χ0v) is 15.7. The minimum Gasteiger partial charge on any atom is -0.470 e. The van der Waals surface area contributed by atoms with E-state index in [9.17, 15) is 0 Å². The Bertz CT molecular complexity index is 862. The van der Waals surface area contributed by atoms with E-state index in [0.717, 1.165) is 36.4 Å². The molecule has 0 spiro atoms. The van der Waals surface area contributed by atoms with Crippen LogP contribution in [0.1, 0.15) is 17.7 Å². The van der Waals surface area contributed by atoms with Gasteiger partial charge in [-0.15, -0.1) is 11.3 Å². The fourth-order valence-electron chi connectivity index (χ4n) is 2.97. The van der Waals surface area contributed by atoms with Gasteiger partial charge in [-0.05, 0) is 6.07 Å². The molecule has 2 atom stereocenters. The largest absolute Gasteiger partial charge is 0.470 e. The lowest BCUT2D eigenvalue weighted by Crippen LogP contribution is -2.40. The highest BCUT2D eigenvalue weighted by Crippen LogP contribution is 2.31. The van der Waals surface area contributed by atoms with Crippen molar-refractivity contribution in [1.82, 2.24) is 25.1 Å². The summed E-state index contributed by atoms with van der Waals surface area (Å²) < 4.78 is 7.82. The van der Waals surface area contributed by atoms with Gasteiger partial charge in [0.2, 0.25) is 5.88 Å². The summed E-state index contributed by atoms with van der Waals surface area (Å²) in [6.07, 6.45) is 7.65. The van der Waals surface area contributed by atoms with Crippen LogP contribution in [0.3, 0.4) is 0 Å². The van der Waals surface area contributed by atoms with E-state index in [-0.39, 0.29) is 6.10 Å². The summed E-state index contributed by atoms with van der Waals surface area (Å²) in [5, 5.41) is 11.1. The quantitative estimate of drug-likeness (QED) is 0.694. The highest BCUT2D eigenvalue weighted by Gasteiger charge is 2.21. The number of fused-ring (bicyclic) bond motifs is 1. The van der Waals surface area contributed by atoms with Gasteiger partial charge in [-0.3, -0.25) is 9.67 Å². The zero-order chi connectivity index (χ0) is 17.9. The molecule has 1 aliphatic heterocycles. The number of aromatic nitrogens is 4. The molecule has 136 valence electrons. The summed E-state index contributed by atoms with van der Waals surface area (Å²) in [5.74, 6) is 1.11. The molecule has 2 N–H and O–H groups in total. The summed E-state index contributed by atoms with van der Waals surface area (Å²) in [5.41, 5.74) is 4.89. The molecule has 4 heterocycles. The molecule has 1 aliphatic rings. The normalized spacial score (nSPS) is 17.2. The lowest BCUT2D eigenvalue weighted by Gasteiger charge is -2.27. The van der Waals surface area contributed by atoms with Crippen molar-refractivity contribution in [3.63, 3.8) is 0 Å². The summed E-state index contributed by atoms with van der Waals surface area (Å²) in [6, 6.07) is 2.06. The first kappa shape index (κ1) is 17.0. The van der Waals surface area contributed by atoms with Gasteiger partial charge in [0.15, 0.2) is 0 Å². The van der Waals surface area contributed by atoms with Crippen LogP contribution in [-0.2, 0) is 7.05 Å². The number of ether oxygens (including phenoxy) is 1. The summed E-state index contributed by atoms with van der Waals surface area (Å²) in [4.78, 5) is 9.92. The number of nitrogens with one attached hydrogen (secondary N) is 2. The predicted octanol–water partition coefficient (Wildman–Crippen LogP) is 2.50. The van der Waals surface area contributed by atoms with Crippen molar-refractivity contribution >= 4 is 17.0 Å². The number of rotatable bonds is 6. The third-order valence-corrected chi connectivity index (χ3v) is 5.45. The second-order valence-electron chi connectivity index (χ2n) is 6.56. The number of hydrogen-bond donors (Lipinski definition) is 2. The Morgan fingerprint density at radius 1 is 1.38 bits per heavy atom. The lowest BCUT2D eigenvalue weighted by atomic mass is 10.1. The average molecular weight is 370 g/mol. The number of pyridine rings is 1. The van der Waals surface area contributed by atoms with Gasteiger partial charge >= 0.3 is 0 Å². The van der Waals surface area contributed by atoms with Gasteiger partial charge in [-0.2, -0.15) is 5.10 Å². The van der Waals surface area contributed by atoms with Gasteiger partial charge in [-0.25, -0.2) is 4.98 Å². The molecule has 26 heavy (non-hydrogen) atoms. The van der Waals surface area contributed by atoms with Gasteiger partial charge in [0.25, 0.3) is 0 Å². The lowest BCUT2D eigenvalue weighted by molar-refractivity contribution is 0.193. The molecule has 0 amide bonds. The SMILES string of the molecule is C[C@@H](CNC[C@@H]1CNc2cc(-c3cnn(C)c3)cnc2O1)c1cncs1. The van der Waals surface area contributed by atoms with Crippen LogP contribution in [0.5, 0.6) is 5.88 Å². The Labute approximate surface area is 156 Å².